The molecule has 31 heavy (non-hydrogen) atoms. The van der Waals surface area contributed by atoms with Crippen LogP contribution in [0, 0.1) is 6.92 Å². The zero-order chi connectivity index (χ0) is 21.8. The number of aryl methyl sites for hydroxylation is 1. The van der Waals surface area contributed by atoms with Crippen LogP contribution in [-0.2, 0) is 22.6 Å². The maximum Gasteiger partial charge on any atom is 0.241 e. The Bertz CT molecular complexity index is 937. The van der Waals surface area contributed by atoms with Crippen molar-refractivity contribution in [2.45, 2.75) is 19.9 Å². The summed E-state index contributed by atoms with van der Waals surface area (Å²) in [4.78, 5) is 33.5. The quantitative estimate of drug-likeness (QED) is 0.719. The Morgan fingerprint density at radius 3 is 2.42 bits per heavy atom. The van der Waals surface area contributed by atoms with Gasteiger partial charge in [0.05, 0.1) is 13.1 Å². The molecular weight excluding hydrogens is 388 g/mol. The van der Waals surface area contributed by atoms with Gasteiger partial charge in [0.2, 0.25) is 11.8 Å². The highest BCUT2D eigenvalue weighted by Crippen LogP contribution is 2.27. The Kier molecular flexibility index (Phi) is 6.68. The third kappa shape index (κ3) is 5.32. The Morgan fingerprint density at radius 1 is 0.903 bits per heavy atom. The fourth-order valence-electron chi connectivity index (χ4n) is 4.52. The van der Waals surface area contributed by atoms with E-state index in [1.54, 1.807) is 0 Å². The fourth-order valence-corrected chi connectivity index (χ4v) is 4.52. The number of nitrogens with zero attached hydrogens (tertiary/aromatic N) is 4. The van der Waals surface area contributed by atoms with Crippen molar-refractivity contribution in [3.05, 3.63) is 65.2 Å². The first-order valence-electron chi connectivity index (χ1n) is 11.1. The molecule has 2 aromatic carbocycles. The maximum absolute atomic E-state index is 12.8. The molecule has 2 aliphatic heterocycles. The predicted molar refractivity (Wildman–Crippen MR) is 123 cm³/mol. The second kappa shape index (κ2) is 9.62. The summed E-state index contributed by atoms with van der Waals surface area (Å²) in [5, 5.41) is 0. The molecule has 0 spiro atoms. The molecule has 0 N–H and O–H groups in total. The van der Waals surface area contributed by atoms with Crippen LogP contribution in [0.3, 0.4) is 0 Å². The van der Waals surface area contributed by atoms with Gasteiger partial charge in [0, 0.05) is 45.0 Å². The van der Waals surface area contributed by atoms with Crippen molar-refractivity contribution >= 4 is 17.5 Å². The van der Waals surface area contributed by atoms with Crippen molar-refractivity contribution in [1.82, 2.24) is 14.7 Å². The lowest BCUT2D eigenvalue weighted by Crippen LogP contribution is -2.51. The second-order valence-corrected chi connectivity index (χ2v) is 8.74. The molecule has 2 aliphatic rings. The number of hydrogen-bond acceptors (Lipinski definition) is 4. The molecule has 4 rings (SSSR count). The molecule has 164 valence electrons. The molecule has 2 heterocycles. The van der Waals surface area contributed by atoms with Gasteiger partial charge in [0.15, 0.2) is 0 Å². The van der Waals surface area contributed by atoms with Crippen molar-refractivity contribution in [2.75, 3.05) is 57.8 Å². The van der Waals surface area contributed by atoms with E-state index in [1.807, 2.05) is 39.9 Å². The van der Waals surface area contributed by atoms with Gasteiger partial charge in [-0.15, -0.1) is 0 Å². The smallest absolute Gasteiger partial charge is 0.241 e. The van der Waals surface area contributed by atoms with Gasteiger partial charge in [-0.05, 0) is 37.6 Å². The minimum absolute atomic E-state index is 0.0585. The van der Waals surface area contributed by atoms with E-state index >= 15 is 0 Å². The van der Waals surface area contributed by atoms with Crippen LogP contribution in [0.1, 0.15) is 16.7 Å². The van der Waals surface area contributed by atoms with E-state index in [1.165, 1.54) is 16.7 Å². The van der Waals surface area contributed by atoms with E-state index in [0.29, 0.717) is 0 Å². The minimum Gasteiger partial charge on any atom is -0.339 e. The Balaban J connectivity index is 1.22. The van der Waals surface area contributed by atoms with Gasteiger partial charge < -0.3 is 9.80 Å². The molecular formula is C25H32N4O2. The van der Waals surface area contributed by atoms with E-state index in [-0.39, 0.29) is 24.9 Å². The summed E-state index contributed by atoms with van der Waals surface area (Å²) >= 11 is 0. The first kappa shape index (κ1) is 21.5. The number of amides is 2. The molecule has 6 nitrogen and oxygen atoms in total. The number of para-hydroxylation sites is 1. The maximum atomic E-state index is 12.8. The number of piperazine rings is 1. The normalized spacial score (nSPS) is 16.6. The molecule has 6 heteroatoms. The lowest BCUT2D eigenvalue weighted by atomic mass is 10.1. The molecule has 1 saturated heterocycles. The molecule has 0 bridgehead atoms. The third-order valence-electron chi connectivity index (χ3n) is 6.21. The molecule has 1 fully saturated rings. The van der Waals surface area contributed by atoms with Gasteiger partial charge in [-0.1, -0.05) is 48.0 Å². The minimum atomic E-state index is 0.0585. The van der Waals surface area contributed by atoms with Crippen LogP contribution in [0.5, 0.6) is 0 Å². The topological polar surface area (TPSA) is 47.1 Å². The number of anilines is 1. The van der Waals surface area contributed by atoms with E-state index in [4.69, 9.17) is 0 Å². The molecule has 0 aliphatic carbocycles. The van der Waals surface area contributed by atoms with Gasteiger partial charge in [0.1, 0.15) is 0 Å². The number of rotatable bonds is 6. The van der Waals surface area contributed by atoms with Crippen LogP contribution in [0.4, 0.5) is 5.69 Å². The predicted octanol–water partition coefficient (Wildman–Crippen LogP) is 2.16. The first-order chi connectivity index (χ1) is 15.0. The Hall–Kier alpha value is -2.70. The fraction of sp³-hybridized carbons (Fsp3) is 0.440. The van der Waals surface area contributed by atoms with Crippen LogP contribution in [0.25, 0.3) is 0 Å². The van der Waals surface area contributed by atoms with Crippen molar-refractivity contribution in [1.29, 1.82) is 0 Å². The van der Waals surface area contributed by atoms with Gasteiger partial charge in [-0.2, -0.15) is 0 Å². The molecule has 0 radical (unpaired) electrons. The summed E-state index contributed by atoms with van der Waals surface area (Å²) in [6, 6.07) is 16.7. The lowest BCUT2D eigenvalue weighted by molar-refractivity contribution is -0.134. The molecule has 0 atom stereocenters. The van der Waals surface area contributed by atoms with Crippen LogP contribution < -0.4 is 4.90 Å². The number of carbonyl (C=O) groups excluding carboxylic acids is 2. The van der Waals surface area contributed by atoms with Crippen molar-refractivity contribution in [3.8, 4) is 0 Å². The SMILES string of the molecule is Cc1cccc(CN2CCN(C(=O)CN(C)CC(=O)N3CCc4ccccc43)CC2)c1. The van der Waals surface area contributed by atoms with Gasteiger partial charge in [-0.3, -0.25) is 19.4 Å². The number of carbonyl (C=O) groups is 2. The highest BCUT2D eigenvalue weighted by molar-refractivity contribution is 5.97. The zero-order valence-electron chi connectivity index (χ0n) is 18.6. The molecule has 0 aromatic heterocycles. The largest absolute Gasteiger partial charge is 0.339 e. The molecule has 0 unspecified atom stereocenters. The number of likely N-dealkylation sites (N-methyl/N-ethyl adjacent to an activating group) is 1. The van der Waals surface area contributed by atoms with Gasteiger partial charge >= 0.3 is 0 Å². The van der Waals surface area contributed by atoms with Gasteiger partial charge in [0.25, 0.3) is 0 Å². The van der Waals surface area contributed by atoms with Gasteiger partial charge in [-0.25, -0.2) is 0 Å². The number of fused-ring (bicyclic) bond motifs is 1. The third-order valence-corrected chi connectivity index (χ3v) is 6.21. The highest BCUT2D eigenvalue weighted by atomic mass is 16.2. The molecule has 2 aromatic rings. The molecule has 0 saturated carbocycles. The monoisotopic (exact) mass is 420 g/mol. The van der Waals surface area contributed by atoms with E-state index in [2.05, 4.69) is 42.2 Å². The molecule has 2 amide bonds. The zero-order valence-corrected chi connectivity index (χ0v) is 18.6. The Morgan fingerprint density at radius 2 is 1.65 bits per heavy atom. The summed E-state index contributed by atoms with van der Waals surface area (Å²) in [7, 11) is 1.85. The second-order valence-electron chi connectivity index (χ2n) is 8.74. The summed E-state index contributed by atoms with van der Waals surface area (Å²) in [5.41, 5.74) is 4.83. The summed E-state index contributed by atoms with van der Waals surface area (Å²) in [5.74, 6) is 0.163. The van der Waals surface area contributed by atoms with Crippen molar-refractivity contribution < 1.29 is 9.59 Å². The van der Waals surface area contributed by atoms with Crippen LogP contribution in [0.15, 0.2) is 48.5 Å². The van der Waals surface area contributed by atoms with Crippen molar-refractivity contribution in [3.63, 3.8) is 0 Å². The van der Waals surface area contributed by atoms with E-state index < -0.39 is 0 Å². The average Bonchev–Trinajstić information content (AvgIpc) is 3.18. The van der Waals surface area contributed by atoms with Crippen LogP contribution in [0.2, 0.25) is 0 Å². The van der Waals surface area contributed by atoms with E-state index in [9.17, 15) is 9.59 Å². The standard InChI is InChI=1S/C25H32N4O2/c1-20-6-5-7-21(16-20)17-27-12-14-28(15-13-27)24(30)18-26(2)19-25(31)29-11-10-22-8-3-4-9-23(22)29/h3-9,16H,10-15,17-19H2,1-2H3. The van der Waals surface area contributed by atoms with Crippen molar-refractivity contribution in [2.24, 2.45) is 0 Å². The number of hydrogen-bond donors (Lipinski definition) is 0. The summed E-state index contributed by atoms with van der Waals surface area (Å²) in [6.07, 6.45) is 0.900. The van der Waals surface area contributed by atoms with Crippen LogP contribution in [-0.4, -0.2) is 79.4 Å². The number of benzene rings is 2. The van der Waals surface area contributed by atoms with E-state index in [0.717, 1.165) is 51.4 Å². The highest BCUT2D eigenvalue weighted by Gasteiger charge is 2.26. The average molecular weight is 421 g/mol. The van der Waals surface area contributed by atoms with Crippen LogP contribution >= 0.6 is 0 Å². The first-order valence-corrected chi connectivity index (χ1v) is 11.1. The summed E-state index contributed by atoms with van der Waals surface area (Å²) in [6.45, 7) is 7.55. The Labute approximate surface area is 185 Å². The lowest BCUT2D eigenvalue weighted by Gasteiger charge is -2.35. The summed E-state index contributed by atoms with van der Waals surface area (Å²) < 4.78 is 0.